The Balaban J connectivity index is 2.89. The molecule has 88 valence electrons. The SMILES string of the molecule is CC(C)(S)C(N=Cc1ncoc1O)C(=O)O. The molecule has 0 saturated heterocycles. The Morgan fingerprint density at radius 3 is 2.75 bits per heavy atom. The van der Waals surface area contributed by atoms with Gasteiger partial charge < -0.3 is 14.6 Å². The Kier molecular flexibility index (Phi) is 3.58. The first-order valence-corrected chi connectivity index (χ1v) is 4.88. The molecule has 0 fully saturated rings. The van der Waals surface area contributed by atoms with Crippen LogP contribution in [0.1, 0.15) is 19.5 Å². The standard InChI is InChI=1S/C9H12N2O4S/c1-9(2,16)6(7(12)13)10-3-5-8(14)15-4-11-5/h3-4,6,14,16H,1-2H3,(H,12,13). The maximum atomic E-state index is 10.9. The van der Waals surface area contributed by atoms with Crippen molar-refractivity contribution in [3.8, 4) is 5.95 Å². The highest BCUT2D eigenvalue weighted by atomic mass is 32.1. The number of carboxylic acids is 1. The summed E-state index contributed by atoms with van der Waals surface area (Å²) in [5, 5.41) is 18.1. The summed E-state index contributed by atoms with van der Waals surface area (Å²) in [5.74, 6) is -1.50. The molecule has 0 saturated carbocycles. The van der Waals surface area contributed by atoms with Gasteiger partial charge in [0.1, 0.15) is 0 Å². The quantitative estimate of drug-likeness (QED) is 0.541. The van der Waals surface area contributed by atoms with Crippen molar-refractivity contribution in [1.82, 2.24) is 4.98 Å². The fourth-order valence-electron chi connectivity index (χ4n) is 1.03. The summed E-state index contributed by atoms with van der Waals surface area (Å²) in [7, 11) is 0. The summed E-state index contributed by atoms with van der Waals surface area (Å²) in [6, 6.07) is -1.04. The normalized spacial score (nSPS) is 14.2. The first kappa shape index (κ1) is 12.6. The molecule has 0 radical (unpaired) electrons. The van der Waals surface area contributed by atoms with Crippen molar-refractivity contribution in [3.05, 3.63) is 12.1 Å². The van der Waals surface area contributed by atoms with Gasteiger partial charge in [0.2, 0.25) is 0 Å². The number of aromatic nitrogens is 1. The molecule has 1 unspecified atom stereocenters. The molecule has 2 N–H and O–H groups in total. The lowest BCUT2D eigenvalue weighted by Crippen LogP contribution is -2.36. The van der Waals surface area contributed by atoms with Gasteiger partial charge in [0.25, 0.3) is 0 Å². The number of thiol groups is 1. The van der Waals surface area contributed by atoms with E-state index < -0.39 is 22.7 Å². The van der Waals surface area contributed by atoms with E-state index in [-0.39, 0.29) is 5.69 Å². The van der Waals surface area contributed by atoms with Crippen molar-refractivity contribution in [3.63, 3.8) is 0 Å². The summed E-state index contributed by atoms with van der Waals surface area (Å²) in [5.41, 5.74) is 0.0869. The number of carboxylic acid groups (broad SMARTS) is 1. The van der Waals surface area contributed by atoms with Gasteiger partial charge >= 0.3 is 11.9 Å². The maximum Gasteiger partial charge on any atom is 0.329 e. The van der Waals surface area contributed by atoms with Gasteiger partial charge in [0.05, 0.1) is 6.21 Å². The first-order chi connectivity index (χ1) is 7.32. The van der Waals surface area contributed by atoms with E-state index in [1.165, 1.54) is 0 Å². The van der Waals surface area contributed by atoms with E-state index in [0.29, 0.717) is 0 Å². The molecule has 1 atom stereocenters. The molecule has 7 heteroatoms. The van der Waals surface area contributed by atoms with Crippen LogP contribution in [0.3, 0.4) is 0 Å². The Morgan fingerprint density at radius 2 is 2.38 bits per heavy atom. The Labute approximate surface area is 97.4 Å². The van der Waals surface area contributed by atoms with E-state index in [1.54, 1.807) is 13.8 Å². The molecule has 0 bridgehead atoms. The lowest BCUT2D eigenvalue weighted by atomic mass is 10.0. The van der Waals surface area contributed by atoms with Crippen LogP contribution >= 0.6 is 12.6 Å². The third-order valence-corrected chi connectivity index (χ3v) is 2.07. The lowest BCUT2D eigenvalue weighted by molar-refractivity contribution is -0.138. The van der Waals surface area contributed by atoms with E-state index in [4.69, 9.17) is 10.2 Å². The van der Waals surface area contributed by atoms with E-state index >= 15 is 0 Å². The van der Waals surface area contributed by atoms with Crippen LogP contribution in [0.15, 0.2) is 15.8 Å². The fourth-order valence-corrected chi connectivity index (χ4v) is 1.21. The summed E-state index contributed by atoms with van der Waals surface area (Å²) in [4.78, 5) is 18.4. The second-order valence-electron chi connectivity index (χ2n) is 3.72. The molecule has 0 spiro atoms. The molecule has 0 aliphatic rings. The molecule has 0 aliphatic heterocycles. The van der Waals surface area contributed by atoms with Crippen LogP contribution in [0.4, 0.5) is 0 Å². The molecular weight excluding hydrogens is 232 g/mol. The second-order valence-corrected chi connectivity index (χ2v) is 4.87. The van der Waals surface area contributed by atoms with Crippen molar-refractivity contribution < 1.29 is 19.4 Å². The first-order valence-electron chi connectivity index (χ1n) is 4.43. The van der Waals surface area contributed by atoms with E-state index in [2.05, 4.69) is 27.0 Å². The zero-order valence-corrected chi connectivity index (χ0v) is 9.68. The molecular formula is C9H12N2O4S. The van der Waals surface area contributed by atoms with E-state index in [0.717, 1.165) is 12.6 Å². The van der Waals surface area contributed by atoms with E-state index in [9.17, 15) is 4.79 Å². The van der Waals surface area contributed by atoms with Gasteiger partial charge in [0, 0.05) is 4.75 Å². The van der Waals surface area contributed by atoms with Crippen molar-refractivity contribution in [2.45, 2.75) is 24.6 Å². The second kappa shape index (κ2) is 4.56. The highest BCUT2D eigenvalue weighted by Crippen LogP contribution is 2.21. The largest absolute Gasteiger partial charge is 0.480 e. The molecule has 0 aliphatic carbocycles. The number of carbonyl (C=O) groups is 1. The molecule has 0 amide bonds. The predicted octanol–water partition coefficient (Wildman–Crippen LogP) is 0.961. The van der Waals surface area contributed by atoms with Gasteiger partial charge in [0.15, 0.2) is 18.1 Å². The monoisotopic (exact) mass is 244 g/mol. The maximum absolute atomic E-state index is 10.9. The van der Waals surface area contributed by atoms with Crippen molar-refractivity contribution >= 4 is 24.8 Å². The summed E-state index contributed by atoms with van der Waals surface area (Å²) < 4.78 is 3.71. The molecule has 6 nitrogen and oxygen atoms in total. The average Bonchev–Trinajstić information content (AvgIpc) is 2.49. The molecule has 16 heavy (non-hydrogen) atoms. The minimum absolute atomic E-state index is 0.0869. The van der Waals surface area contributed by atoms with Crippen LogP contribution in [0.2, 0.25) is 0 Å². The number of hydrogen-bond donors (Lipinski definition) is 3. The molecule has 1 aromatic rings. The van der Waals surface area contributed by atoms with Crippen molar-refractivity contribution in [2.24, 2.45) is 4.99 Å². The summed E-state index contributed by atoms with van der Waals surface area (Å²) in [6.07, 6.45) is 2.19. The average molecular weight is 244 g/mol. The van der Waals surface area contributed by atoms with Crippen molar-refractivity contribution in [2.75, 3.05) is 0 Å². The summed E-state index contributed by atoms with van der Waals surface area (Å²) >= 11 is 4.15. The van der Waals surface area contributed by atoms with Crippen LogP contribution in [-0.4, -0.2) is 38.2 Å². The minimum atomic E-state index is -1.10. The van der Waals surface area contributed by atoms with Crippen molar-refractivity contribution in [1.29, 1.82) is 0 Å². The van der Waals surface area contributed by atoms with Crippen LogP contribution in [0.25, 0.3) is 0 Å². The van der Waals surface area contributed by atoms with E-state index in [1.807, 2.05) is 0 Å². The number of hydrogen-bond acceptors (Lipinski definition) is 6. The molecule has 1 aromatic heterocycles. The number of aliphatic imine (C=N–C) groups is 1. The van der Waals surface area contributed by atoms with Crippen LogP contribution < -0.4 is 0 Å². The fraction of sp³-hybridized carbons (Fsp3) is 0.444. The topological polar surface area (TPSA) is 95.9 Å². The molecule has 1 heterocycles. The molecule has 0 aromatic carbocycles. The third kappa shape index (κ3) is 2.99. The van der Waals surface area contributed by atoms with Crippen LogP contribution in [-0.2, 0) is 4.79 Å². The number of rotatable bonds is 4. The number of nitrogens with zero attached hydrogens (tertiary/aromatic N) is 2. The van der Waals surface area contributed by atoms with Crippen LogP contribution in [0.5, 0.6) is 5.95 Å². The number of aliphatic carboxylic acids is 1. The lowest BCUT2D eigenvalue weighted by Gasteiger charge is -2.21. The van der Waals surface area contributed by atoms with Gasteiger partial charge in [-0.05, 0) is 13.8 Å². The van der Waals surface area contributed by atoms with Gasteiger partial charge in [-0.1, -0.05) is 0 Å². The van der Waals surface area contributed by atoms with Crippen LogP contribution in [0, 0.1) is 0 Å². The number of aromatic hydroxyl groups is 1. The Morgan fingerprint density at radius 1 is 1.75 bits per heavy atom. The molecule has 1 rings (SSSR count). The zero-order valence-electron chi connectivity index (χ0n) is 8.78. The predicted molar refractivity (Wildman–Crippen MR) is 60.3 cm³/mol. The van der Waals surface area contributed by atoms with Gasteiger partial charge in [-0.25, -0.2) is 9.78 Å². The van der Waals surface area contributed by atoms with Gasteiger partial charge in [-0.3, -0.25) is 4.99 Å². The zero-order chi connectivity index (χ0) is 12.3. The van der Waals surface area contributed by atoms with Gasteiger partial charge in [-0.2, -0.15) is 12.6 Å². The minimum Gasteiger partial charge on any atom is -0.480 e. The Bertz CT molecular complexity index is 408. The smallest absolute Gasteiger partial charge is 0.329 e. The summed E-state index contributed by atoms with van der Waals surface area (Å²) in [6.45, 7) is 3.27. The highest BCUT2D eigenvalue weighted by Gasteiger charge is 2.31. The Hall–Kier alpha value is -1.50. The highest BCUT2D eigenvalue weighted by molar-refractivity contribution is 7.81. The third-order valence-electron chi connectivity index (χ3n) is 1.82. The van der Waals surface area contributed by atoms with Gasteiger partial charge in [-0.15, -0.1) is 0 Å². The number of oxazole rings is 1.